The molecule has 0 aliphatic heterocycles. The topological polar surface area (TPSA) is 72.7 Å². The maximum absolute atomic E-state index is 5.78. The molecular formula is C19H22N4O3S2. The van der Waals surface area contributed by atoms with Crippen molar-refractivity contribution in [2.24, 2.45) is 0 Å². The lowest BCUT2D eigenvalue weighted by atomic mass is 10.2. The van der Waals surface area contributed by atoms with E-state index < -0.39 is 0 Å². The van der Waals surface area contributed by atoms with Crippen LogP contribution < -0.4 is 10.1 Å². The van der Waals surface area contributed by atoms with Gasteiger partial charge in [-0.15, -0.1) is 21.5 Å². The lowest BCUT2D eigenvalue weighted by Crippen LogP contribution is -2.40. The highest BCUT2D eigenvalue weighted by molar-refractivity contribution is 7.80. The Morgan fingerprint density at radius 3 is 2.71 bits per heavy atom. The van der Waals surface area contributed by atoms with E-state index in [4.69, 9.17) is 26.1 Å². The first-order chi connectivity index (χ1) is 13.7. The Labute approximate surface area is 173 Å². The predicted octanol–water partition coefficient (Wildman–Crippen LogP) is 3.33. The minimum atomic E-state index is 0.413. The number of benzene rings is 1. The van der Waals surface area contributed by atoms with E-state index in [-0.39, 0.29) is 0 Å². The van der Waals surface area contributed by atoms with Crippen molar-refractivity contribution in [2.75, 3.05) is 27.4 Å². The number of methoxy groups -OCH3 is 2. The highest BCUT2D eigenvalue weighted by atomic mass is 32.1. The smallest absolute Gasteiger partial charge is 0.257 e. The van der Waals surface area contributed by atoms with Gasteiger partial charge in [-0.2, -0.15) is 0 Å². The lowest BCUT2D eigenvalue weighted by molar-refractivity contribution is 0.170. The number of hydrogen-bond donors (Lipinski definition) is 1. The number of thiocarbonyl (C=S) groups is 1. The molecule has 0 saturated heterocycles. The van der Waals surface area contributed by atoms with Gasteiger partial charge in [-0.25, -0.2) is 0 Å². The third-order valence-corrected chi connectivity index (χ3v) is 5.24. The van der Waals surface area contributed by atoms with Crippen LogP contribution in [-0.4, -0.2) is 47.6 Å². The summed E-state index contributed by atoms with van der Waals surface area (Å²) < 4.78 is 16.2. The maximum atomic E-state index is 5.78. The molecule has 0 unspecified atom stereocenters. The van der Waals surface area contributed by atoms with E-state index in [0.717, 1.165) is 16.2 Å². The van der Waals surface area contributed by atoms with Gasteiger partial charge in [0.15, 0.2) is 5.11 Å². The van der Waals surface area contributed by atoms with E-state index in [0.29, 0.717) is 43.1 Å². The Bertz CT molecular complexity index is 866. The Morgan fingerprint density at radius 2 is 2.04 bits per heavy atom. The van der Waals surface area contributed by atoms with Crippen LogP contribution in [0.1, 0.15) is 11.5 Å². The number of aromatic nitrogens is 2. The van der Waals surface area contributed by atoms with Crippen LogP contribution in [0.15, 0.2) is 46.2 Å². The molecule has 0 spiro atoms. The lowest BCUT2D eigenvalue weighted by Gasteiger charge is -2.24. The molecule has 9 heteroatoms. The second kappa shape index (κ2) is 10.2. The second-order valence-electron chi connectivity index (χ2n) is 5.90. The fourth-order valence-electron chi connectivity index (χ4n) is 2.47. The number of rotatable bonds is 9. The van der Waals surface area contributed by atoms with E-state index in [2.05, 4.69) is 15.5 Å². The van der Waals surface area contributed by atoms with Crippen molar-refractivity contribution in [3.63, 3.8) is 0 Å². The molecule has 1 aromatic carbocycles. The predicted molar refractivity (Wildman–Crippen MR) is 112 cm³/mol. The van der Waals surface area contributed by atoms with E-state index >= 15 is 0 Å². The summed E-state index contributed by atoms with van der Waals surface area (Å²) in [6.07, 6.45) is 0. The van der Waals surface area contributed by atoms with Gasteiger partial charge in [-0.1, -0.05) is 18.2 Å². The zero-order chi connectivity index (χ0) is 19.8. The van der Waals surface area contributed by atoms with Crippen molar-refractivity contribution in [1.29, 1.82) is 0 Å². The van der Waals surface area contributed by atoms with Gasteiger partial charge < -0.3 is 24.1 Å². The zero-order valence-electron chi connectivity index (χ0n) is 15.8. The standard InChI is InChI=1S/C19H22N4O3S2/c1-24-10-9-23(13-17-21-22-18(26-17)16-4-3-11-28-16)19(27)20-12-14-5-7-15(25-2)8-6-14/h3-8,11H,9-10,12-13H2,1-2H3,(H,20,27). The van der Waals surface area contributed by atoms with Crippen molar-refractivity contribution >= 4 is 28.7 Å². The highest BCUT2D eigenvalue weighted by Crippen LogP contribution is 2.23. The van der Waals surface area contributed by atoms with Crippen molar-refractivity contribution in [3.05, 3.63) is 53.2 Å². The summed E-state index contributed by atoms with van der Waals surface area (Å²) in [7, 11) is 3.31. The molecule has 0 fully saturated rings. The summed E-state index contributed by atoms with van der Waals surface area (Å²) in [4.78, 5) is 2.90. The van der Waals surface area contributed by atoms with Crippen LogP contribution in [0.3, 0.4) is 0 Å². The van der Waals surface area contributed by atoms with Crippen LogP contribution in [-0.2, 0) is 17.8 Å². The summed E-state index contributed by atoms with van der Waals surface area (Å²) in [5, 5.41) is 14.1. The average Bonchev–Trinajstić information content (AvgIpc) is 3.41. The molecule has 0 atom stereocenters. The van der Waals surface area contributed by atoms with Crippen molar-refractivity contribution in [2.45, 2.75) is 13.1 Å². The molecule has 2 aromatic heterocycles. The molecule has 0 saturated carbocycles. The summed E-state index contributed by atoms with van der Waals surface area (Å²) >= 11 is 7.13. The molecule has 0 radical (unpaired) electrons. The number of ether oxygens (including phenoxy) is 2. The van der Waals surface area contributed by atoms with Crippen LogP contribution in [0.4, 0.5) is 0 Å². The molecular weight excluding hydrogens is 396 g/mol. The molecule has 28 heavy (non-hydrogen) atoms. The number of nitrogens with one attached hydrogen (secondary N) is 1. The Morgan fingerprint density at radius 1 is 1.21 bits per heavy atom. The summed E-state index contributed by atoms with van der Waals surface area (Å²) in [5.41, 5.74) is 1.10. The average molecular weight is 419 g/mol. The Kier molecular flexibility index (Phi) is 7.35. The highest BCUT2D eigenvalue weighted by Gasteiger charge is 2.16. The van der Waals surface area contributed by atoms with E-state index in [1.54, 1.807) is 25.6 Å². The maximum Gasteiger partial charge on any atom is 0.257 e. The third-order valence-electron chi connectivity index (χ3n) is 3.98. The van der Waals surface area contributed by atoms with Gasteiger partial charge in [0.25, 0.3) is 5.89 Å². The molecule has 148 valence electrons. The summed E-state index contributed by atoms with van der Waals surface area (Å²) in [6.45, 7) is 2.17. The largest absolute Gasteiger partial charge is 0.497 e. The van der Waals surface area contributed by atoms with Crippen LogP contribution in [0.2, 0.25) is 0 Å². The summed E-state index contributed by atoms with van der Waals surface area (Å²) in [6, 6.07) is 11.7. The van der Waals surface area contributed by atoms with Crippen molar-refractivity contribution in [3.8, 4) is 16.5 Å². The quantitative estimate of drug-likeness (QED) is 0.531. The van der Waals surface area contributed by atoms with Crippen molar-refractivity contribution in [1.82, 2.24) is 20.4 Å². The van der Waals surface area contributed by atoms with E-state index in [1.165, 1.54) is 0 Å². The summed E-state index contributed by atoms with van der Waals surface area (Å²) in [5.74, 6) is 1.85. The van der Waals surface area contributed by atoms with Crippen LogP contribution in [0.5, 0.6) is 5.75 Å². The normalized spacial score (nSPS) is 10.6. The van der Waals surface area contributed by atoms with Gasteiger partial charge in [0.1, 0.15) is 5.75 Å². The molecule has 0 bridgehead atoms. The third kappa shape index (κ3) is 5.51. The minimum absolute atomic E-state index is 0.413. The monoisotopic (exact) mass is 418 g/mol. The number of thiophene rings is 1. The van der Waals surface area contributed by atoms with Crippen LogP contribution >= 0.6 is 23.6 Å². The first-order valence-corrected chi connectivity index (χ1v) is 9.99. The Balaban J connectivity index is 1.61. The molecule has 0 aliphatic rings. The van der Waals surface area contributed by atoms with Gasteiger partial charge in [0.2, 0.25) is 5.89 Å². The van der Waals surface area contributed by atoms with Gasteiger partial charge in [-0.3, -0.25) is 0 Å². The minimum Gasteiger partial charge on any atom is -0.497 e. The number of nitrogens with zero attached hydrogens (tertiary/aromatic N) is 3. The van der Waals surface area contributed by atoms with Crippen LogP contribution in [0.25, 0.3) is 10.8 Å². The van der Waals surface area contributed by atoms with Crippen LogP contribution in [0, 0.1) is 0 Å². The first-order valence-electron chi connectivity index (χ1n) is 8.70. The van der Waals surface area contributed by atoms with Crippen molar-refractivity contribution < 1.29 is 13.9 Å². The fraction of sp³-hybridized carbons (Fsp3) is 0.316. The molecule has 7 nitrogen and oxygen atoms in total. The molecule has 0 amide bonds. The molecule has 3 rings (SSSR count). The molecule has 1 N–H and O–H groups in total. The van der Waals surface area contributed by atoms with Gasteiger partial charge in [0, 0.05) is 20.2 Å². The zero-order valence-corrected chi connectivity index (χ0v) is 17.4. The van der Waals surface area contributed by atoms with E-state index in [9.17, 15) is 0 Å². The first kappa shape index (κ1) is 20.2. The molecule has 0 aliphatic carbocycles. The van der Waals surface area contributed by atoms with Gasteiger partial charge in [0.05, 0.1) is 25.1 Å². The molecule has 3 aromatic rings. The molecule has 2 heterocycles. The fourth-order valence-corrected chi connectivity index (χ4v) is 3.34. The SMILES string of the molecule is COCCN(Cc1nnc(-c2cccs2)o1)C(=S)NCc1ccc(OC)cc1. The number of hydrogen-bond acceptors (Lipinski definition) is 7. The van der Waals surface area contributed by atoms with Gasteiger partial charge in [-0.05, 0) is 41.4 Å². The van der Waals surface area contributed by atoms with Gasteiger partial charge >= 0.3 is 0 Å². The Hall–Kier alpha value is -2.49. The van der Waals surface area contributed by atoms with E-state index in [1.807, 2.05) is 46.7 Å². The second-order valence-corrected chi connectivity index (χ2v) is 7.23.